The van der Waals surface area contributed by atoms with Gasteiger partial charge in [-0.25, -0.2) is 9.07 Å². The fraction of sp³-hybridized carbons (Fsp3) is 0.250. The summed E-state index contributed by atoms with van der Waals surface area (Å²) in [6.45, 7) is 5.84. The van der Waals surface area contributed by atoms with Crippen LogP contribution in [0.3, 0.4) is 0 Å². The maximum atomic E-state index is 14.0. The van der Waals surface area contributed by atoms with E-state index in [1.807, 2.05) is 35.1 Å². The molecular formula is C24H28FIN5+. The highest BCUT2D eigenvalue weighted by atomic mass is 127. The first kappa shape index (κ1) is 23.1. The Hall–Kier alpha value is -2.52. The smallest absolute Gasteiger partial charge is 0.231 e. The number of pyridine rings is 1. The van der Waals surface area contributed by atoms with E-state index < -0.39 is 0 Å². The number of aromatic nitrogens is 3. The van der Waals surface area contributed by atoms with Gasteiger partial charge in [-0.05, 0) is 24.3 Å². The zero-order chi connectivity index (χ0) is 21.1. The van der Waals surface area contributed by atoms with Crippen molar-refractivity contribution in [1.29, 1.82) is 0 Å². The van der Waals surface area contributed by atoms with E-state index in [9.17, 15) is 4.39 Å². The Kier molecular flexibility index (Phi) is 7.61. The number of hydrogen-bond donors (Lipinski definition) is 1. The molecule has 1 aliphatic heterocycles. The topological polar surface area (TPSA) is 29.4 Å². The minimum Gasteiger partial charge on any atom is -1.00 e. The van der Waals surface area contributed by atoms with Gasteiger partial charge in [0.25, 0.3) is 0 Å². The third-order valence-corrected chi connectivity index (χ3v) is 5.59. The van der Waals surface area contributed by atoms with Gasteiger partial charge in [0.2, 0.25) is 5.69 Å². The van der Waals surface area contributed by atoms with E-state index in [1.54, 1.807) is 6.07 Å². The lowest BCUT2D eigenvalue weighted by Crippen LogP contribution is -3.00. The van der Waals surface area contributed by atoms with Gasteiger partial charge in [-0.1, -0.05) is 6.58 Å². The van der Waals surface area contributed by atoms with Crippen LogP contribution in [0.4, 0.5) is 10.1 Å². The molecule has 1 unspecified atom stereocenters. The monoisotopic (exact) mass is 532 g/mol. The third kappa shape index (κ3) is 5.22. The first-order valence-electron chi connectivity index (χ1n) is 10.2. The van der Waals surface area contributed by atoms with Crippen molar-refractivity contribution in [2.45, 2.75) is 19.4 Å². The summed E-state index contributed by atoms with van der Waals surface area (Å²) in [5.74, 6) is -0.201. The van der Waals surface area contributed by atoms with Gasteiger partial charge in [0.15, 0.2) is 12.7 Å². The van der Waals surface area contributed by atoms with Crippen LogP contribution in [0.5, 0.6) is 0 Å². The average molecular weight is 532 g/mol. The first-order valence-corrected chi connectivity index (χ1v) is 10.2. The van der Waals surface area contributed by atoms with Crippen molar-refractivity contribution < 1.29 is 37.8 Å². The van der Waals surface area contributed by atoms with Gasteiger partial charge in [0.1, 0.15) is 23.4 Å². The van der Waals surface area contributed by atoms with Gasteiger partial charge in [-0.3, -0.25) is 4.90 Å². The Morgan fingerprint density at radius 1 is 1.16 bits per heavy atom. The maximum Gasteiger partial charge on any atom is 0.231 e. The highest BCUT2D eigenvalue weighted by molar-refractivity contribution is 5.58. The van der Waals surface area contributed by atoms with Crippen LogP contribution >= 0.6 is 0 Å². The zero-order valence-electron chi connectivity index (χ0n) is 17.9. The van der Waals surface area contributed by atoms with Crippen LogP contribution in [0.1, 0.15) is 12.0 Å². The number of rotatable bonds is 0. The normalized spacial score (nSPS) is 18.0. The molecule has 162 valence electrons. The molecule has 0 spiro atoms. The van der Waals surface area contributed by atoms with Crippen LogP contribution in [0.15, 0.2) is 73.8 Å². The molecule has 0 saturated carbocycles. The zero-order valence-corrected chi connectivity index (χ0v) is 20.1. The average Bonchev–Trinajstić information content (AvgIpc) is 3.24. The van der Waals surface area contributed by atoms with E-state index in [2.05, 4.69) is 59.9 Å². The van der Waals surface area contributed by atoms with Gasteiger partial charge < -0.3 is 28.9 Å². The Labute approximate surface area is 200 Å². The molecule has 0 radical (unpaired) electrons. The molecule has 31 heavy (non-hydrogen) atoms. The minimum atomic E-state index is -0.201. The number of nitrogens with one attached hydrogen (secondary N) is 1. The van der Waals surface area contributed by atoms with Gasteiger partial charge in [0.05, 0.1) is 19.4 Å². The number of quaternary nitrogens is 1. The second-order valence-electron chi connectivity index (χ2n) is 7.75. The van der Waals surface area contributed by atoms with Crippen LogP contribution < -0.4 is 33.4 Å². The van der Waals surface area contributed by atoms with Gasteiger partial charge in [0, 0.05) is 55.9 Å². The maximum absolute atomic E-state index is 14.0. The quantitative estimate of drug-likeness (QED) is 0.317. The third-order valence-electron chi connectivity index (χ3n) is 5.59. The first-order chi connectivity index (χ1) is 14.5. The Morgan fingerprint density at radius 2 is 2.00 bits per heavy atom. The van der Waals surface area contributed by atoms with E-state index in [0.717, 1.165) is 59.2 Å². The molecular weight excluding hydrogens is 504 g/mol. The summed E-state index contributed by atoms with van der Waals surface area (Å²) in [7, 11) is 4.13. The highest BCUT2D eigenvalue weighted by Gasteiger charge is 2.20. The van der Waals surface area contributed by atoms with Crippen molar-refractivity contribution in [2.75, 3.05) is 20.6 Å². The van der Waals surface area contributed by atoms with E-state index in [0.29, 0.717) is 0 Å². The van der Waals surface area contributed by atoms with E-state index in [4.69, 9.17) is 0 Å². The summed E-state index contributed by atoms with van der Waals surface area (Å²) in [6.07, 6.45) is 9.57. The van der Waals surface area contributed by atoms with Crippen LogP contribution in [0, 0.1) is 5.82 Å². The molecule has 0 bridgehead atoms. The molecule has 0 amide bonds. The SMILES string of the molecule is C=C1CCN(C)/C=C\[NH+](C)c2ccc(F)cc2CC[n+]2ccccc2-c2ccnn21.[I-]. The van der Waals surface area contributed by atoms with Gasteiger partial charge in [-0.15, -0.1) is 0 Å². The second kappa shape index (κ2) is 10.2. The molecule has 4 rings (SSSR count). The van der Waals surface area contributed by atoms with Crippen molar-refractivity contribution in [3.05, 3.63) is 85.2 Å². The van der Waals surface area contributed by atoms with Crippen molar-refractivity contribution in [2.24, 2.45) is 0 Å². The summed E-state index contributed by atoms with van der Waals surface area (Å²) >= 11 is 0. The fourth-order valence-corrected chi connectivity index (χ4v) is 3.86. The molecule has 3 aromatic rings. The highest BCUT2D eigenvalue weighted by Crippen LogP contribution is 2.21. The molecule has 1 atom stereocenters. The number of halogens is 2. The van der Waals surface area contributed by atoms with Gasteiger partial charge in [-0.2, -0.15) is 9.67 Å². The molecule has 7 heteroatoms. The molecule has 3 heterocycles. The summed E-state index contributed by atoms with van der Waals surface area (Å²) in [5, 5.41) is 4.52. The summed E-state index contributed by atoms with van der Waals surface area (Å²) < 4.78 is 18.2. The predicted molar refractivity (Wildman–Crippen MR) is 116 cm³/mol. The molecule has 1 aliphatic rings. The summed E-state index contributed by atoms with van der Waals surface area (Å²) in [5.41, 5.74) is 5.12. The van der Waals surface area contributed by atoms with E-state index in [-0.39, 0.29) is 29.8 Å². The van der Waals surface area contributed by atoms with E-state index >= 15 is 0 Å². The number of benzene rings is 1. The Bertz CT molecular complexity index is 1090. The molecule has 0 aliphatic carbocycles. The lowest BCUT2D eigenvalue weighted by Gasteiger charge is -2.17. The Morgan fingerprint density at radius 3 is 2.84 bits per heavy atom. The van der Waals surface area contributed by atoms with E-state index in [1.165, 1.54) is 6.07 Å². The Balaban J connectivity index is 0.00000272. The number of fused-ring (bicyclic) bond motifs is 4. The van der Waals surface area contributed by atoms with Crippen molar-refractivity contribution in [3.8, 4) is 11.4 Å². The van der Waals surface area contributed by atoms with Crippen molar-refractivity contribution in [1.82, 2.24) is 14.7 Å². The lowest BCUT2D eigenvalue weighted by atomic mass is 10.1. The van der Waals surface area contributed by atoms with Crippen LogP contribution in [0.2, 0.25) is 0 Å². The number of nitrogens with zero attached hydrogens (tertiary/aromatic N) is 4. The van der Waals surface area contributed by atoms with Crippen LogP contribution in [-0.4, -0.2) is 35.3 Å². The molecule has 1 aromatic carbocycles. The predicted octanol–water partition coefficient (Wildman–Crippen LogP) is -0.353. The van der Waals surface area contributed by atoms with Crippen LogP contribution in [0.25, 0.3) is 17.1 Å². The molecule has 1 N–H and O–H groups in total. The largest absolute Gasteiger partial charge is 1.00 e. The standard InChI is InChI=1S/C24H27FN5.HI/c1-19-10-14-27(2)16-17-28(3)22-8-7-21(25)18-20(22)11-15-29-13-5-4-6-23(29)24-9-12-26-30(19)24;/h4-9,12-13,16-18H,1,10-11,14-15H2,2-3H3;1H/q+1;/b17-16-;. The molecule has 2 aromatic heterocycles. The van der Waals surface area contributed by atoms with Crippen molar-refractivity contribution in [3.63, 3.8) is 0 Å². The number of aryl methyl sites for hydroxylation is 2. The second-order valence-corrected chi connectivity index (χ2v) is 7.75. The van der Waals surface area contributed by atoms with Crippen molar-refractivity contribution >= 4 is 11.4 Å². The molecule has 0 fully saturated rings. The summed E-state index contributed by atoms with van der Waals surface area (Å²) in [6, 6.07) is 13.2. The minimum absolute atomic E-state index is 0. The van der Waals surface area contributed by atoms with Gasteiger partial charge >= 0.3 is 0 Å². The molecule has 0 saturated heterocycles. The lowest BCUT2D eigenvalue weighted by molar-refractivity contribution is -0.751. The molecule has 5 nitrogen and oxygen atoms in total. The number of hydrogen-bond acceptors (Lipinski definition) is 2. The summed E-state index contributed by atoms with van der Waals surface area (Å²) in [4.78, 5) is 3.26. The fourth-order valence-electron chi connectivity index (χ4n) is 3.86. The van der Waals surface area contributed by atoms with Crippen LogP contribution in [-0.2, 0) is 13.0 Å².